The highest BCUT2D eigenvalue weighted by Crippen LogP contribution is 1.91. The van der Waals surface area contributed by atoms with Crippen molar-refractivity contribution in [1.82, 2.24) is 10.2 Å². The van der Waals surface area contributed by atoms with Crippen LogP contribution in [0.25, 0.3) is 0 Å². The molecule has 0 amide bonds. The lowest BCUT2D eigenvalue weighted by Gasteiger charge is -2.20. The minimum absolute atomic E-state index is 0.136. The summed E-state index contributed by atoms with van der Waals surface area (Å²) in [6.45, 7) is 4.29. The van der Waals surface area contributed by atoms with Gasteiger partial charge in [-0.3, -0.25) is 0 Å². The van der Waals surface area contributed by atoms with Gasteiger partial charge in [0.2, 0.25) is 0 Å². The molecule has 0 saturated carbocycles. The predicted molar refractivity (Wildman–Crippen MR) is 61.8 cm³/mol. The van der Waals surface area contributed by atoms with Crippen LogP contribution in [0.4, 0.5) is 0 Å². The summed E-state index contributed by atoms with van der Waals surface area (Å²) in [4.78, 5) is 1.82. The summed E-state index contributed by atoms with van der Waals surface area (Å²) < 4.78 is 21.8. The largest absolute Gasteiger partial charge is 0.390 e. The second-order valence-corrected chi connectivity index (χ2v) is 6.11. The lowest BCUT2D eigenvalue weighted by molar-refractivity contribution is 0.127. The zero-order valence-electron chi connectivity index (χ0n) is 9.73. The first-order valence-electron chi connectivity index (χ1n) is 5.10. The summed E-state index contributed by atoms with van der Waals surface area (Å²) in [6, 6.07) is 0. The van der Waals surface area contributed by atoms with Crippen LogP contribution >= 0.6 is 0 Å². The van der Waals surface area contributed by atoms with E-state index < -0.39 is 15.9 Å². The Morgan fingerprint density at radius 3 is 2.53 bits per heavy atom. The summed E-state index contributed by atoms with van der Waals surface area (Å²) in [5, 5.41) is 12.6. The zero-order chi connectivity index (χ0) is 11.9. The van der Waals surface area contributed by atoms with Gasteiger partial charge in [0, 0.05) is 25.9 Å². The molecule has 0 saturated heterocycles. The molecule has 1 unspecified atom stereocenters. The van der Waals surface area contributed by atoms with Crippen molar-refractivity contribution in [2.45, 2.75) is 13.0 Å². The third-order valence-electron chi connectivity index (χ3n) is 2.00. The summed E-state index contributed by atoms with van der Waals surface area (Å²) in [5.74, 6) is 0.136. The first kappa shape index (κ1) is 14.8. The molecule has 0 aromatic carbocycles. The number of hydrogen-bond acceptors (Lipinski definition) is 5. The molecule has 0 heterocycles. The maximum atomic E-state index is 10.9. The fourth-order valence-corrected chi connectivity index (χ4v) is 1.79. The minimum Gasteiger partial charge on any atom is -0.390 e. The number of likely N-dealkylation sites (N-methyl/N-ethyl adjacent to an activating group) is 2. The molecule has 0 aliphatic rings. The van der Waals surface area contributed by atoms with Gasteiger partial charge in [0.1, 0.15) is 9.84 Å². The first-order chi connectivity index (χ1) is 6.85. The van der Waals surface area contributed by atoms with E-state index in [1.165, 1.54) is 6.26 Å². The molecule has 92 valence electrons. The van der Waals surface area contributed by atoms with Crippen molar-refractivity contribution in [3.05, 3.63) is 0 Å². The Bertz CT molecular complexity index is 254. The summed E-state index contributed by atoms with van der Waals surface area (Å²) in [6.07, 6.45) is 0.769. The van der Waals surface area contributed by atoms with E-state index in [0.717, 1.165) is 6.54 Å². The van der Waals surface area contributed by atoms with Crippen molar-refractivity contribution in [1.29, 1.82) is 0 Å². The van der Waals surface area contributed by atoms with E-state index in [9.17, 15) is 13.5 Å². The first-order valence-corrected chi connectivity index (χ1v) is 7.16. The number of nitrogens with one attached hydrogen (secondary N) is 1. The van der Waals surface area contributed by atoms with Crippen molar-refractivity contribution in [2.24, 2.45) is 0 Å². The Morgan fingerprint density at radius 1 is 1.47 bits per heavy atom. The molecule has 0 fully saturated rings. The highest BCUT2D eigenvalue weighted by atomic mass is 32.2. The summed E-state index contributed by atoms with van der Waals surface area (Å²) >= 11 is 0. The maximum absolute atomic E-state index is 10.9. The highest BCUT2D eigenvalue weighted by molar-refractivity contribution is 7.90. The fourth-order valence-electron chi connectivity index (χ4n) is 1.15. The van der Waals surface area contributed by atoms with Crippen LogP contribution in [0.2, 0.25) is 0 Å². The molecular weight excluding hydrogens is 216 g/mol. The van der Waals surface area contributed by atoms with Crippen LogP contribution in [0.5, 0.6) is 0 Å². The standard InChI is InChI=1S/C9H22N2O3S/c1-4-10-7-9(12)8-11(2)5-6-15(3,13)14/h9-10,12H,4-8H2,1-3H3. The second-order valence-electron chi connectivity index (χ2n) is 3.85. The van der Waals surface area contributed by atoms with E-state index >= 15 is 0 Å². The zero-order valence-corrected chi connectivity index (χ0v) is 10.5. The smallest absolute Gasteiger partial charge is 0.148 e. The molecule has 0 radical (unpaired) electrons. The van der Waals surface area contributed by atoms with Crippen LogP contribution in [0.15, 0.2) is 0 Å². The van der Waals surface area contributed by atoms with Crippen molar-refractivity contribution in [3.8, 4) is 0 Å². The molecule has 0 bridgehead atoms. The average molecular weight is 238 g/mol. The molecule has 0 spiro atoms. The topological polar surface area (TPSA) is 69.6 Å². The molecule has 0 aliphatic carbocycles. The Morgan fingerprint density at radius 2 is 2.07 bits per heavy atom. The number of hydrogen-bond donors (Lipinski definition) is 2. The monoisotopic (exact) mass is 238 g/mol. The molecule has 0 aromatic heterocycles. The Labute approximate surface area is 92.4 Å². The molecule has 2 N–H and O–H groups in total. The van der Waals surface area contributed by atoms with E-state index in [1.54, 1.807) is 7.05 Å². The van der Waals surface area contributed by atoms with Crippen molar-refractivity contribution in [2.75, 3.05) is 45.2 Å². The maximum Gasteiger partial charge on any atom is 0.148 e. The van der Waals surface area contributed by atoms with Gasteiger partial charge in [-0.05, 0) is 13.6 Å². The molecule has 1 atom stereocenters. The normalized spacial score (nSPS) is 14.5. The molecule has 0 rings (SSSR count). The molecular formula is C9H22N2O3S. The van der Waals surface area contributed by atoms with E-state index in [2.05, 4.69) is 5.32 Å². The van der Waals surface area contributed by atoms with E-state index in [-0.39, 0.29) is 5.75 Å². The van der Waals surface area contributed by atoms with Crippen LogP contribution < -0.4 is 5.32 Å². The lowest BCUT2D eigenvalue weighted by atomic mass is 10.3. The average Bonchev–Trinajstić information content (AvgIpc) is 2.10. The van der Waals surface area contributed by atoms with Crippen molar-refractivity contribution < 1.29 is 13.5 Å². The van der Waals surface area contributed by atoms with E-state index in [0.29, 0.717) is 19.6 Å². The fraction of sp³-hybridized carbons (Fsp3) is 1.00. The molecule has 0 aromatic rings. The Kier molecular flexibility index (Phi) is 7.08. The van der Waals surface area contributed by atoms with Gasteiger partial charge in [-0.15, -0.1) is 0 Å². The lowest BCUT2D eigenvalue weighted by Crippen LogP contribution is -2.38. The second kappa shape index (κ2) is 7.16. The van der Waals surface area contributed by atoms with Gasteiger partial charge in [-0.25, -0.2) is 8.42 Å². The van der Waals surface area contributed by atoms with Gasteiger partial charge in [0.05, 0.1) is 11.9 Å². The quantitative estimate of drug-likeness (QED) is 0.564. The summed E-state index contributed by atoms with van der Waals surface area (Å²) in [5.41, 5.74) is 0. The molecule has 0 aliphatic heterocycles. The van der Waals surface area contributed by atoms with Crippen LogP contribution in [0, 0.1) is 0 Å². The van der Waals surface area contributed by atoms with Gasteiger partial charge in [-0.2, -0.15) is 0 Å². The third-order valence-corrected chi connectivity index (χ3v) is 2.92. The molecule has 15 heavy (non-hydrogen) atoms. The van der Waals surface area contributed by atoms with E-state index in [4.69, 9.17) is 0 Å². The van der Waals surface area contributed by atoms with Crippen LogP contribution in [0.1, 0.15) is 6.92 Å². The third kappa shape index (κ3) is 10.1. The van der Waals surface area contributed by atoms with Gasteiger partial charge in [0.15, 0.2) is 0 Å². The number of rotatable bonds is 8. The number of nitrogens with zero attached hydrogens (tertiary/aromatic N) is 1. The highest BCUT2D eigenvalue weighted by Gasteiger charge is 2.09. The van der Waals surface area contributed by atoms with Gasteiger partial charge in [-0.1, -0.05) is 6.92 Å². The molecule has 6 heteroatoms. The van der Waals surface area contributed by atoms with Crippen LogP contribution in [-0.4, -0.2) is 69.8 Å². The number of aliphatic hydroxyl groups excluding tert-OH is 1. The van der Waals surface area contributed by atoms with Crippen LogP contribution in [-0.2, 0) is 9.84 Å². The Hall–Kier alpha value is -0.170. The SMILES string of the molecule is CCNCC(O)CN(C)CCS(C)(=O)=O. The van der Waals surface area contributed by atoms with E-state index in [1.807, 2.05) is 11.8 Å². The van der Waals surface area contributed by atoms with Crippen LogP contribution in [0.3, 0.4) is 0 Å². The summed E-state index contributed by atoms with van der Waals surface area (Å²) in [7, 11) is -1.10. The molecule has 5 nitrogen and oxygen atoms in total. The van der Waals surface area contributed by atoms with Gasteiger partial charge < -0.3 is 15.3 Å². The van der Waals surface area contributed by atoms with Gasteiger partial charge in [0.25, 0.3) is 0 Å². The Balaban J connectivity index is 3.68. The number of sulfone groups is 1. The van der Waals surface area contributed by atoms with Crippen molar-refractivity contribution in [3.63, 3.8) is 0 Å². The van der Waals surface area contributed by atoms with Gasteiger partial charge >= 0.3 is 0 Å². The number of aliphatic hydroxyl groups is 1. The van der Waals surface area contributed by atoms with Crippen molar-refractivity contribution >= 4 is 9.84 Å². The minimum atomic E-state index is -2.91. The predicted octanol–water partition coefficient (Wildman–Crippen LogP) is -1.07.